The highest BCUT2D eigenvalue weighted by Gasteiger charge is 2.36. The third-order valence-corrected chi connectivity index (χ3v) is 3.87. The number of nitriles is 1. The summed E-state index contributed by atoms with van der Waals surface area (Å²) in [4.78, 5) is 13.7. The van der Waals surface area contributed by atoms with Crippen LogP contribution in [0.15, 0.2) is 0 Å². The monoisotopic (exact) mass is 298 g/mol. The summed E-state index contributed by atoms with van der Waals surface area (Å²) >= 11 is 0. The topological polar surface area (TPSA) is 62.6 Å². The molecule has 0 saturated carbocycles. The van der Waals surface area contributed by atoms with Crippen LogP contribution < -0.4 is 0 Å². The molecule has 0 aliphatic carbocycles. The zero-order chi connectivity index (χ0) is 15.6. The van der Waals surface area contributed by atoms with Crippen molar-refractivity contribution >= 4 is 14.4 Å². The molecule has 2 unspecified atom stereocenters. The van der Waals surface area contributed by atoms with Crippen LogP contribution in [0.25, 0.3) is 0 Å². The van der Waals surface area contributed by atoms with Gasteiger partial charge in [-0.15, -0.1) is 0 Å². The molecule has 0 aromatic heterocycles. The van der Waals surface area contributed by atoms with Crippen molar-refractivity contribution in [3.8, 4) is 6.07 Å². The number of hydrogen-bond donors (Lipinski definition) is 0. The molecule has 1 aliphatic rings. The van der Waals surface area contributed by atoms with Gasteiger partial charge >= 0.3 is 6.09 Å². The maximum Gasteiger partial charge on any atom is 0.410 e. The minimum absolute atomic E-state index is 0.0826. The molecule has 0 bridgehead atoms. The van der Waals surface area contributed by atoms with Crippen LogP contribution >= 0.6 is 0 Å². The molecule has 0 N–H and O–H groups in total. The second kappa shape index (κ2) is 6.14. The van der Waals surface area contributed by atoms with Crippen molar-refractivity contribution in [3.63, 3.8) is 0 Å². The largest absolute Gasteiger partial charge is 0.444 e. The molecule has 1 heterocycles. The van der Waals surface area contributed by atoms with Crippen LogP contribution in [0.1, 0.15) is 27.2 Å². The van der Waals surface area contributed by atoms with Crippen LogP contribution in [0.2, 0.25) is 19.6 Å². The summed E-state index contributed by atoms with van der Waals surface area (Å²) < 4.78 is 11.3. The quantitative estimate of drug-likeness (QED) is 0.751. The van der Waals surface area contributed by atoms with Crippen LogP contribution in [-0.2, 0) is 9.16 Å². The summed E-state index contributed by atoms with van der Waals surface area (Å²) in [6.45, 7) is 12.9. The molecule has 6 heteroatoms. The predicted molar refractivity (Wildman–Crippen MR) is 79.7 cm³/mol. The molecule has 114 valence electrons. The molecule has 0 spiro atoms. The van der Waals surface area contributed by atoms with Crippen molar-refractivity contribution in [3.05, 3.63) is 0 Å². The number of carbonyl (C=O) groups is 1. The molecule has 1 aliphatic heterocycles. The lowest BCUT2D eigenvalue weighted by atomic mass is 10.0. The van der Waals surface area contributed by atoms with Gasteiger partial charge in [0.05, 0.1) is 6.07 Å². The number of rotatable bonds is 3. The first-order valence-corrected chi connectivity index (χ1v) is 10.5. The Morgan fingerprint density at radius 2 is 2.00 bits per heavy atom. The van der Waals surface area contributed by atoms with E-state index in [4.69, 9.17) is 9.16 Å². The fourth-order valence-electron chi connectivity index (χ4n) is 2.14. The smallest absolute Gasteiger partial charge is 0.410 e. The lowest BCUT2D eigenvalue weighted by Crippen LogP contribution is -2.38. The van der Waals surface area contributed by atoms with E-state index in [2.05, 4.69) is 25.7 Å². The number of nitrogens with zero attached hydrogens (tertiary/aromatic N) is 2. The first-order valence-electron chi connectivity index (χ1n) is 7.07. The number of ether oxygens (including phenoxy) is 1. The Labute approximate surface area is 123 Å². The van der Waals surface area contributed by atoms with Gasteiger partial charge in [0.25, 0.3) is 0 Å². The normalized spacial score (nSPS) is 21.4. The van der Waals surface area contributed by atoms with E-state index >= 15 is 0 Å². The Balaban J connectivity index is 2.58. The second-order valence-corrected chi connectivity index (χ2v) is 11.7. The van der Waals surface area contributed by atoms with Crippen molar-refractivity contribution in [2.45, 2.75) is 58.5 Å². The van der Waals surface area contributed by atoms with Gasteiger partial charge in [-0.25, -0.2) is 4.79 Å². The molecule has 1 rings (SSSR count). The van der Waals surface area contributed by atoms with E-state index in [-0.39, 0.29) is 12.0 Å². The lowest BCUT2D eigenvalue weighted by molar-refractivity contribution is 0.0280. The average Bonchev–Trinajstić information content (AvgIpc) is 2.71. The van der Waals surface area contributed by atoms with Gasteiger partial charge in [0.15, 0.2) is 8.32 Å². The van der Waals surface area contributed by atoms with Crippen LogP contribution in [0.3, 0.4) is 0 Å². The standard InChI is InChI=1S/C14H26N2O3Si/c1-14(2,3)18-13(17)16-8-7-11(10-16)12(9-15)19-20(4,5)6/h11-12H,7-8,10H2,1-6H3. The summed E-state index contributed by atoms with van der Waals surface area (Å²) in [6, 6.07) is 2.24. The maximum absolute atomic E-state index is 12.0. The SMILES string of the molecule is CC(C)(C)OC(=O)N1CCC(C(C#N)O[Si](C)(C)C)C1. The summed E-state index contributed by atoms with van der Waals surface area (Å²) in [5.41, 5.74) is -0.487. The number of amides is 1. The predicted octanol–water partition coefficient (Wildman–Crippen LogP) is 2.99. The van der Waals surface area contributed by atoms with Gasteiger partial charge in [0.2, 0.25) is 0 Å². The highest BCUT2D eigenvalue weighted by Crippen LogP contribution is 2.25. The zero-order valence-corrected chi connectivity index (χ0v) is 14.4. The number of carbonyl (C=O) groups excluding carboxylic acids is 1. The van der Waals surface area contributed by atoms with Crippen LogP contribution in [0.5, 0.6) is 0 Å². The molecular weight excluding hydrogens is 272 g/mol. The molecular formula is C14H26N2O3Si. The molecule has 1 amide bonds. The van der Waals surface area contributed by atoms with Gasteiger partial charge < -0.3 is 14.1 Å². The van der Waals surface area contributed by atoms with E-state index in [1.165, 1.54) is 0 Å². The molecule has 1 fully saturated rings. The van der Waals surface area contributed by atoms with Gasteiger partial charge in [-0.1, -0.05) is 0 Å². The third kappa shape index (κ3) is 5.51. The van der Waals surface area contributed by atoms with E-state index in [1.807, 2.05) is 20.8 Å². The first kappa shape index (κ1) is 17.0. The van der Waals surface area contributed by atoms with Gasteiger partial charge in [0.1, 0.15) is 11.7 Å². The van der Waals surface area contributed by atoms with E-state index in [0.717, 1.165) is 6.42 Å². The molecule has 0 aromatic rings. The Morgan fingerprint density at radius 1 is 1.40 bits per heavy atom. The Hall–Kier alpha value is -1.06. The second-order valence-electron chi connectivity index (χ2n) is 7.26. The van der Waals surface area contributed by atoms with Crippen molar-refractivity contribution in [1.29, 1.82) is 5.26 Å². The zero-order valence-electron chi connectivity index (χ0n) is 13.4. The van der Waals surface area contributed by atoms with Crippen LogP contribution in [0.4, 0.5) is 4.79 Å². The summed E-state index contributed by atoms with van der Waals surface area (Å²) in [6.07, 6.45) is 0.0703. The molecule has 2 atom stereocenters. The summed E-state index contributed by atoms with van der Waals surface area (Å²) in [5, 5.41) is 9.27. The van der Waals surface area contributed by atoms with E-state index < -0.39 is 20.0 Å². The van der Waals surface area contributed by atoms with Gasteiger partial charge in [-0.2, -0.15) is 5.26 Å². The third-order valence-electron chi connectivity index (χ3n) is 2.91. The van der Waals surface area contributed by atoms with Crippen molar-refractivity contribution in [1.82, 2.24) is 4.90 Å². The maximum atomic E-state index is 12.0. The highest BCUT2D eigenvalue weighted by atomic mass is 28.4. The fourth-order valence-corrected chi connectivity index (χ4v) is 3.14. The molecule has 0 aromatic carbocycles. The Morgan fingerprint density at radius 3 is 2.45 bits per heavy atom. The highest BCUT2D eigenvalue weighted by molar-refractivity contribution is 6.69. The summed E-state index contributed by atoms with van der Waals surface area (Å²) in [5.74, 6) is 0.0826. The van der Waals surface area contributed by atoms with E-state index in [1.54, 1.807) is 4.90 Å². The van der Waals surface area contributed by atoms with Crippen molar-refractivity contribution in [2.75, 3.05) is 13.1 Å². The Bertz CT molecular complexity index is 393. The Kier molecular flexibility index (Phi) is 5.22. The molecule has 5 nitrogen and oxygen atoms in total. The number of likely N-dealkylation sites (tertiary alicyclic amines) is 1. The van der Waals surface area contributed by atoms with Crippen LogP contribution in [0, 0.1) is 17.2 Å². The first-order chi connectivity index (χ1) is 9.02. The van der Waals surface area contributed by atoms with Crippen molar-refractivity contribution < 1.29 is 14.0 Å². The minimum Gasteiger partial charge on any atom is -0.444 e. The van der Waals surface area contributed by atoms with Crippen molar-refractivity contribution in [2.24, 2.45) is 5.92 Å². The van der Waals surface area contributed by atoms with E-state index in [0.29, 0.717) is 13.1 Å². The fraction of sp³-hybridized carbons (Fsp3) is 0.857. The number of hydrogen-bond acceptors (Lipinski definition) is 4. The summed E-state index contributed by atoms with van der Waals surface area (Å²) in [7, 11) is -1.75. The average molecular weight is 298 g/mol. The molecule has 1 saturated heterocycles. The van der Waals surface area contributed by atoms with Gasteiger partial charge in [-0.3, -0.25) is 0 Å². The lowest BCUT2D eigenvalue weighted by Gasteiger charge is -2.27. The van der Waals surface area contributed by atoms with Crippen LogP contribution in [-0.4, -0.2) is 44.1 Å². The van der Waals surface area contributed by atoms with Gasteiger partial charge in [0, 0.05) is 19.0 Å². The molecule has 20 heavy (non-hydrogen) atoms. The minimum atomic E-state index is -1.75. The van der Waals surface area contributed by atoms with E-state index in [9.17, 15) is 10.1 Å². The molecule has 0 radical (unpaired) electrons. The van der Waals surface area contributed by atoms with Gasteiger partial charge in [-0.05, 0) is 46.8 Å².